The van der Waals surface area contributed by atoms with E-state index < -0.39 is 5.97 Å². The van der Waals surface area contributed by atoms with Crippen molar-refractivity contribution in [2.45, 2.75) is 20.0 Å². The van der Waals surface area contributed by atoms with E-state index in [4.69, 9.17) is 21.4 Å². The van der Waals surface area contributed by atoms with Crippen LogP contribution in [0.5, 0.6) is 5.75 Å². The number of rotatable bonds is 5. The lowest BCUT2D eigenvalue weighted by Crippen LogP contribution is -2.13. The largest absolute Gasteiger partial charge is 0.491 e. The Kier molecular flexibility index (Phi) is 5.24. The summed E-state index contributed by atoms with van der Waals surface area (Å²) < 4.78 is 5.55. The molecule has 120 valence electrons. The van der Waals surface area contributed by atoms with Crippen LogP contribution in [0.15, 0.2) is 42.5 Å². The van der Waals surface area contributed by atoms with Gasteiger partial charge in [0.25, 0.3) is 5.91 Å². The van der Waals surface area contributed by atoms with Gasteiger partial charge in [-0.2, -0.15) is 0 Å². The molecule has 2 aromatic rings. The van der Waals surface area contributed by atoms with Crippen molar-refractivity contribution >= 4 is 29.2 Å². The number of aromatic carboxylic acids is 1. The van der Waals surface area contributed by atoms with Gasteiger partial charge in [0.15, 0.2) is 0 Å². The highest BCUT2D eigenvalue weighted by Gasteiger charge is 2.12. The maximum atomic E-state index is 12.3. The Hall–Kier alpha value is -2.53. The van der Waals surface area contributed by atoms with Crippen molar-refractivity contribution < 1.29 is 19.4 Å². The first kappa shape index (κ1) is 16.8. The Balaban J connectivity index is 2.16. The van der Waals surface area contributed by atoms with E-state index in [1.807, 2.05) is 13.8 Å². The van der Waals surface area contributed by atoms with Gasteiger partial charge in [-0.25, -0.2) is 4.79 Å². The summed E-state index contributed by atoms with van der Waals surface area (Å²) in [4.78, 5) is 23.2. The number of nitrogens with one attached hydrogen (secondary N) is 1. The number of hydrogen-bond acceptors (Lipinski definition) is 3. The first-order chi connectivity index (χ1) is 10.9. The lowest BCUT2D eigenvalue weighted by Gasteiger charge is -2.11. The van der Waals surface area contributed by atoms with Crippen molar-refractivity contribution in [2.24, 2.45) is 0 Å². The van der Waals surface area contributed by atoms with Crippen LogP contribution < -0.4 is 10.1 Å². The minimum Gasteiger partial charge on any atom is -0.491 e. The minimum absolute atomic E-state index is 0.00989. The highest BCUT2D eigenvalue weighted by molar-refractivity contribution is 6.33. The Bertz CT molecular complexity index is 743. The molecule has 6 heteroatoms. The van der Waals surface area contributed by atoms with Crippen LogP contribution in [0.1, 0.15) is 34.6 Å². The third-order valence-electron chi connectivity index (χ3n) is 2.93. The highest BCUT2D eigenvalue weighted by atomic mass is 35.5. The number of carboxylic acid groups (broad SMARTS) is 1. The molecular weight excluding hydrogens is 318 g/mol. The summed E-state index contributed by atoms with van der Waals surface area (Å²) in [5, 5.41) is 11.7. The van der Waals surface area contributed by atoms with Gasteiger partial charge in [-0.3, -0.25) is 4.79 Å². The van der Waals surface area contributed by atoms with Gasteiger partial charge >= 0.3 is 5.97 Å². The maximum Gasteiger partial charge on any atom is 0.337 e. The fourth-order valence-corrected chi connectivity index (χ4v) is 2.21. The fourth-order valence-electron chi connectivity index (χ4n) is 1.95. The van der Waals surface area contributed by atoms with Gasteiger partial charge in [-0.05, 0) is 50.2 Å². The highest BCUT2D eigenvalue weighted by Crippen LogP contribution is 2.22. The number of ether oxygens (including phenoxy) is 1. The molecule has 0 aliphatic carbocycles. The third-order valence-corrected chi connectivity index (χ3v) is 3.24. The summed E-state index contributed by atoms with van der Waals surface area (Å²) in [5.41, 5.74) is 0.832. The molecule has 2 N–H and O–H groups in total. The summed E-state index contributed by atoms with van der Waals surface area (Å²) >= 11 is 5.88. The number of carbonyl (C=O) groups is 2. The zero-order valence-electron chi connectivity index (χ0n) is 12.7. The van der Waals surface area contributed by atoms with Crippen LogP contribution >= 0.6 is 11.6 Å². The molecule has 0 heterocycles. The predicted molar refractivity (Wildman–Crippen MR) is 88.6 cm³/mol. The van der Waals surface area contributed by atoms with Crippen molar-refractivity contribution in [2.75, 3.05) is 5.32 Å². The SMILES string of the molecule is CC(C)Oc1cccc(C(=O)Nc2ccc(C(=O)O)c(Cl)c2)c1. The number of carbonyl (C=O) groups excluding carboxylic acids is 1. The summed E-state index contributed by atoms with van der Waals surface area (Å²) in [7, 11) is 0. The average Bonchev–Trinajstić information content (AvgIpc) is 2.46. The van der Waals surface area contributed by atoms with Crippen LogP contribution in [0, 0.1) is 0 Å². The summed E-state index contributed by atoms with van der Waals surface area (Å²) in [5.74, 6) is -0.850. The van der Waals surface area contributed by atoms with E-state index in [0.29, 0.717) is 17.0 Å². The third kappa shape index (κ3) is 4.47. The average molecular weight is 334 g/mol. The first-order valence-corrected chi connectivity index (χ1v) is 7.35. The van der Waals surface area contributed by atoms with Crippen LogP contribution in [-0.4, -0.2) is 23.1 Å². The Morgan fingerprint density at radius 1 is 1.17 bits per heavy atom. The van der Waals surface area contributed by atoms with E-state index in [9.17, 15) is 9.59 Å². The topological polar surface area (TPSA) is 75.6 Å². The molecule has 23 heavy (non-hydrogen) atoms. The predicted octanol–water partition coefficient (Wildman–Crippen LogP) is 4.08. The van der Waals surface area contributed by atoms with Gasteiger partial charge in [0, 0.05) is 11.3 Å². The van der Waals surface area contributed by atoms with Crippen LogP contribution in [0.2, 0.25) is 5.02 Å². The second-order valence-electron chi connectivity index (χ2n) is 5.15. The van der Waals surface area contributed by atoms with Crippen LogP contribution in [0.25, 0.3) is 0 Å². The lowest BCUT2D eigenvalue weighted by atomic mass is 10.1. The molecule has 0 spiro atoms. The van der Waals surface area contributed by atoms with Crippen molar-refractivity contribution in [3.8, 4) is 5.75 Å². The van der Waals surface area contributed by atoms with E-state index in [1.54, 1.807) is 24.3 Å². The first-order valence-electron chi connectivity index (χ1n) is 6.97. The van der Waals surface area contributed by atoms with Crippen molar-refractivity contribution in [3.05, 3.63) is 58.6 Å². The molecule has 1 amide bonds. The lowest BCUT2D eigenvalue weighted by molar-refractivity contribution is 0.0697. The number of amides is 1. The number of carboxylic acids is 1. The molecule has 2 aromatic carbocycles. The van der Waals surface area contributed by atoms with Gasteiger partial charge in [0.2, 0.25) is 0 Å². The quantitative estimate of drug-likeness (QED) is 0.864. The van der Waals surface area contributed by atoms with Crippen LogP contribution in [0.4, 0.5) is 5.69 Å². The summed E-state index contributed by atoms with van der Waals surface area (Å²) in [6.07, 6.45) is 0.00989. The van der Waals surface area contributed by atoms with Crippen molar-refractivity contribution in [1.29, 1.82) is 0 Å². The van der Waals surface area contributed by atoms with Crippen molar-refractivity contribution in [1.82, 2.24) is 0 Å². The Labute approximate surface area is 138 Å². The number of benzene rings is 2. The normalized spacial score (nSPS) is 10.4. The molecule has 0 fully saturated rings. The van der Waals surface area contributed by atoms with Gasteiger partial charge in [0.05, 0.1) is 16.7 Å². The maximum absolute atomic E-state index is 12.3. The van der Waals surface area contributed by atoms with Gasteiger partial charge in [-0.15, -0.1) is 0 Å². The Morgan fingerprint density at radius 2 is 1.91 bits per heavy atom. The zero-order valence-corrected chi connectivity index (χ0v) is 13.4. The van der Waals surface area contributed by atoms with Crippen molar-refractivity contribution in [3.63, 3.8) is 0 Å². The molecule has 0 aliphatic rings. The molecule has 0 radical (unpaired) electrons. The van der Waals surface area contributed by atoms with Gasteiger partial charge in [0.1, 0.15) is 5.75 Å². The molecule has 0 saturated carbocycles. The van der Waals surface area contributed by atoms with E-state index in [0.717, 1.165) is 0 Å². The number of anilines is 1. The molecule has 0 aromatic heterocycles. The monoisotopic (exact) mass is 333 g/mol. The summed E-state index contributed by atoms with van der Waals surface area (Å²) in [6, 6.07) is 11.0. The number of halogens is 1. The van der Waals surface area contributed by atoms with E-state index in [2.05, 4.69) is 5.32 Å². The van der Waals surface area contributed by atoms with E-state index >= 15 is 0 Å². The standard InChI is InChI=1S/C17H16ClNO4/c1-10(2)23-13-5-3-4-11(8-13)16(20)19-12-6-7-14(17(21)22)15(18)9-12/h3-10H,1-2H3,(H,19,20)(H,21,22). The zero-order chi connectivity index (χ0) is 17.0. The molecular formula is C17H16ClNO4. The fraction of sp³-hybridized carbons (Fsp3) is 0.176. The van der Waals surface area contributed by atoms with Gasteiger partial charge in [-0.1, -0.05) is 17.7 Å². The molecule has 0 saturated heterocycles. The van der Waals surface area contributed by atoms with E-state index in [1.165, 1.54) is 18.2 Å². The molecule has 2 rings (SSSR count). The molecule has 0 bridgehead atoms. The summed E-state index contributed by atoms with van der Waals surface area (Å²) in [6.45, 7) is 3.80. The molecule has 0 unspecified atom stereocenters. The second-order valence-corrected chi connectivity index (χ2v) is 5.56. The molecule has 5 nitrogen and oxygen atoms in total. The van der Waals surface area contributed by atoms with Crippen LogP contribution in [-0.2, 0) is 0 Å². The minimum atomic E-state index is -1.12. The smallest absolute Gasteiger partial charge is 0.337 e. The van der Waals surface area contributed by atoms with E-state index in [-0.39, 0.29) is 22.6 Å². The molecule has 0 aliphatic heterocycles. The molecule has 0 atom stereocenters. The number of hydrogen-bond donors (Lipinski definition) is 2. The second kappa shape index (κ2) is 7.15. The van der Waals surface area contributed by atoms with Gasteiger partial charge < -0.3 is 15.2 Å². The Morgan fingerprint density at radius 3 is 2.52 bits per heavy atom. The van der Waals surface area contributed by atoms with Crippen LogP contribution in [0.3, 0.4) is 0 Å².